The zero-order valence-corrected chi connectivity index (χ0v) is 20.6. The number of anilines is 2. The maximum absolute atomic E-state index is 13.3. The summed E-state index contributed by atoms with van der Waals surface area (Å²) in [5.74, 6) is -1.10. The fraction of sp³-hybridized carbons (Fsp3) is 0.0909. The Labute approximate surface area is 205 Å². The first-order chi connectivity index (χ1) is 15.2. The molecule has 2 aromatic heterocycles. The summed E-state index contributed by atoms with van der Waals surface area (Å²) >= 11 is 9.07. The maximum Gasteiger partial charge on any atom is 0.274 e. The Bertz CT molecular complexity index is 1430. The van der Waals surface area contributed by atoms with E-state index in [2.05, 4.69) is 38.2 Å². The summed E-state index contributed by atoms with van der Waals surface area (Å²) in [6.07, 6.45) is 0. The molecular formula is C22H16ClIN4O3S. The van der Waals surface area contributed by atoms with Gasteiger partial charge in [0.25, 0.3) is 17.4 Å². The molecule has 0 atom stereocenters. The third kappa shape index (κ3) is 4.54. The van der Waals surface area contributed by atoms with Gasteiger partial charge >= 0.3 is 0 Å². The Kier molecular flexibility index (Phi) is 6.31. The van der Waals surface area contributed by atoms with Gasteiger partial charge in [0, 0.05) is 31.7 Å². The number of fused-ring (bicyclic) bond motifs is 1. The van der Waals surface area contributed by atoms with Gasteiger partial charge < -0.3 is 10.6 Å². The predicted octanol–water partition coefficient (Wildman–Crippen LogP) is 5.14. The molecule has 4 rings (SSSR count). The van der Waals surface area contributed by atoms with E-state index in [0.29, 0.717) is 22.1 Å². The molecule has 2 heterocycles. The summed E-state index contributed by atoms with van der Waals surface area (Å²) < 4.78 is 2.20. The molecule has 4 aromatic rings. The molecule has 0 bridgehead atoms. The van der Waals surface area contributed by atoms with Gasteiger partial charge in [0.05, 0.1) is 0 Å². The molecule has 162 valence electrons. The van der Waals surface area contributed by atoms with Crippen molar-refractivity contribution in [2.45, 2.75) is 13.8 Å². The van der Waals surface area contributed by atoms with E-state index < -0.39 is 17.4 Å². The number of benzene rings is 2. The number of amides is 2. The summed E-state index contributed by atoms with van der Waals surface area (Å²) in [6, 6.07) is 13.5. The van der Waals surface area contributed by atoms with Gasteiger partial charge in [-0.05, 0) is 84.5 Å². The van der Waals surface area contributed by atoms with Gasteiger partial charge in [0.2, 0.25) is 0 Å². The Balaban J connectivity index is 1.80. The van der Waals surface area contributed by atoms with Gasteiger partial charge in [0.15, 0.2) is 4.96 Å². The first-order valence-electron chi connectivity index (χ1n) is 9.40. The lowest BCUT2D eigenvalue weighted by Gasteiger charge is -2.10. The maximum atomic E-state index is 13.3. The van der Waals surface area contributed by atoms with Crippen LogP contribution in [0.1, 0.15) is 31.4 Å². The van der Waals surface area contributed by atoms with Crippen LogP contribution >= 0.6 is 45.5 Å². The number of carbonyl (C=O) groups is 2. The molecule has 0 radical (unpaired) electrons. The smallest absolute Gasteiger partial charge is 0.274 e. The van der Waals surface area contributed by atoms with Crippen molar-refractivity contribution in [2.24, 2.45) is 0 Å². The lowest BCUT2D eigenvalue weighted by atomic mass is 10.2. The highest BCUT2D eigenvalue weighted by atomic mass is 127. The molecule has 0 fully saturated rings. The Morgan fingerprint density at radius 3 is 2.44 bits per heavy atom. The minimum absolute atomic E-state index is 0.0630. The minimum Gasteiger partial charge on any atom is -0.321 e. The highest BCUT2D eigenvalue weighted by Gasteiger charge is 2.26. The molecule has 0 unspecified atom stereocenters. The molecule has 2 aromatic carbocycles. The Morgan fingerprint density at radius 2 is 1.75 bits per heavy atom. The van der Waals surface area contributed by atoms with Crippen LogP contribution in [-0.2, 0) is 0 Å². The van der Waals surface area contributed by atoms with Crippen molar-refractivity contribution >= 4 is 73.7 Å². The number of aromatic nitrogens is 2. The van der Waals surface area contributed by atoms with Crippen molar-refractivity contribution in [3.8, 4) is 0 Å². The lowest BCUT2D eigenvalue weighted by Crippen LogP contribution is -2.25. The monoisotopic (exact) mass is 578 g/mol. The number of aryl methyl sites for hydroxylation is 2. The Morgan fingerprint density at radius 1 is 1.03 bits per heavy atom. The number of halogens is 2. The summed E-state index contributed by atoms with van der Waals surface area (Å²) in [5.41, 5.74) is 1.96. The van der Waals surface area contributed by atoms with Crippen LogP contribution in [0.3, 0.4) is 0 Å². The summed E-state index contributed by atoms with van der Waals surface area (Å²) in [6.45, 7) is 3.55. The molecule has 0 saturated heterocycles. The predicted molar refractivity (Wildman–Crippen MR) is 135 cm³/mol. The average Bonchev–Trinajstić information content (AvgIpc) is 3.11. The highest BCUT2D eigenvalue weighted by Crippen LogP contribution is 2.25. The average molecular weight is 579 g/mol. The number of hydrogen-bond acceptors (Lipinski definition) is 5. The van der Waals surface area contributed by atoms with Crippen molar-refractivity contribution in [2.75, 3.05) is 10.6 Å². The van der Waals surface area contributed by atoms with Gasteiger partial charge in [-0.2, -0.15) is 0 Å². The van der Waals surface area contributed by atoms with Crippen LogP contribution in [0.5, 0.6) is 0 Å². The van der Waals surface area contributed by atoms with Gasteiger partial charge in [-0.25, -0.2) is 9.38 Å². The molecule has 2 amide bonds. The van der Waals surface area contributed by atoms with Crippen LogP contribution in [0, 0.1) is 17.4 Å². The van der Waals surface area contributed by atoms with E-state index in [1.165, 1.54) is 10.5 Å². The Hall–Kier alpha value is -2.76. The third-order valence-electron chi connectivity index (χ3n) is 4.61. The molecule has 0 aliphatic carbocycles. The van der Waals surface area contributed by atoms with E-state index in [9.17, 15) is 14.4 Å². The second-order valence-corrected chi connectivity index (χ2v) is 9.67. The molecule has 0 spiro atoms. The van der Waals surface area contributed by atoms with Crippen LogP contribution in [0.4, 0.5) is 11.4 Å². The topological polar surface area (TPSA) is 92.6 Å². The fourth-order valence-corrected chi connectivity index (χ4v) is 4.96. The standard InChI is InChI=1S/C22H16ClIN4O3S/c1-11-9-14(24)5-8-16(11)27-20(30)18-19(21(31)26-15-6-3-13(23)4-7-15)32-22-25-12(2)10-17(29)28(18)22/h3-10H,1-2H3,(H,26,31)(H,27,30). The first-order valence-corrected chi connectivity index (χ1v) is 11.7. The van der Waals surface area contributed by atoms with Crippen molar-refractivity contribution in [1.29, 1.82) is 0 Å². The zero-order chi connectivity index (χ0) is 23.0. The van der Waals surface area contributed by atoms with E-state index in [0.717, 1.165) is 20.5 Å². The number of hydrogen-bond donors (Lipinski definition) is 2. The third-order valence-corrected chi connectivity index (χ3v) is 6.57. The van der Waals surface area contributed by atoms with E-state index in [1.54, 1.807) is 37.3 Å². The van der Waals surface area contributed by atoms with E-state index in [1.807, 2.05) is 19.1 Å². The second-order valence-electron chi connectivity index (χ2n) is 7.01. The summed E-state index contributed by atoms with van der Waals surface area (Å²) in [7, 11) is 0. The summed E-state index contributed by atoms with van der Waals surface area (Å²) in [5, 5.41) is 6.10. The molecule has 10 heteroatoms. The van der Waals surface area contributed by atoms with Gasteiger partial charge in [-0.3, -0.25) is 14.4 Å². The molecule has 7 nitrogen and oxygen atoms in total. The van der Waals surface area contributed by atoms with Gasteiger partial charge in [0.1, 0.15) is 10.6 Å². The number of thiazole rings is 1. The van der Waals surface area contributed by atoms with Crippen molar-refractivity contribution in [3.63, 3.8) is 0 Å². The van der Waals surface area contributed by atoms with Gasteiger partial charge in [-0.1, -0.05) is 22.9 Å². The quantitative estimate of drug-likeness (QED) is 0.328. The fourth-order valence-electron chi connectivity index (χ4n) is 3.11. The van der Waals surface area contributed by atoms with Crippen LogP contribution in [0.15, 0.2) is 53.3 Å². The van der Waals surface area contributed by atoms with Crippen molar-refractivity contribution < 1.29 is 9.59 Å². The zero-order valence-electron chi connectivity index (χ0n) is 16.9. The number of carbonyl (C=O) groups excluding carboxylic acids is 2. The second kappa shape index (κ2) is 9.00. The highest BCUT2D eigenvalue weighted by molar-refractivity contribution is 14.1. The van der Waals surface area contributed by atoms with Gasteiger partial charge in [-0.15, -0.1) is 0 Å². The molecule has 0 saturated carbocycles. The molecule has 0 aliphatic heterocycles. The van der Waals surface area contributed by atoms with Crippen molar-refractivity contribution in [3.05, 3.63) is 89.3 Å². The number of nitrogens with zero attached hydrogens (tertiary/aromatic N) is 2. The van der Waals surface area contributed by atoms with Crippen LogP contribution in [0.2, 0.25) is 5.02 Å². The van der Waals surface area contributed by atoms with Crippen molar-refractivity contribution in [1.82, 2.24) is 9.38 Å². The van der Waals surface area contributed by atoms with E-state index in [4.69, 9.17) is 11.6 Å². The summed E-state index contributed by atoms with van der Waals surface area (Å²) in [4.78, 5) is 43.8. The van der Waals surface area contributed by atoms with E-state index >= 15 is 0 Å². The minimum atomic E-state index is -0.574. The molecule has 0 aliphatic rings. The van der Waals surface area contributed by atoms with Crippen LogP contribution < -0.4 is 16.2 Å². The number of nitrogens with one attached hydrogen (secondary N) is 2. The van der Waals surface area contributed by atoms with E-state index in [-0.39, 0.29) is 15.5 Å². The molecular weight excluding hydrogens is 563 g/mol. The largest absolute Gasteiger partial charge is 0.321 e. The van der Waals surface area contributed by atoms with Crippen LogP contribution in [0.25, 0.3) is 4.96 Å². The first kappa shape index (κ1) is 22.4. The molecule has 32 heavy (non-hydrogen) atoms. The van der Waals surface area contributed by atoms with Crippen LogP contribution in [-0.4, -0.2) is 21.2 Å². The molecule has 2 N–H and O–H groups in total. The SMILES string of the molecule is Cc1cc(=O)n2c(C(=O)Nc3ccc(I)cc3C)c(C(=O)Nc3ccc(Cl)cc3)sc2n1. The number of rotatable bonds is 4. The lowest BCUT2D eigenvalue weighted by molar-refractivity contribution is 0.0989. The normalized spacial score (nSPS) is 10.9.